The van der Waals surface area contributed by atoms with E-state index in [1.807, 2.05) is 26.8 Å². The predicted molar refractivity (Wildman–Crippen MR) is 100 cm³/mol. The smallest absolute Gasteiger partial charge is 0.319 e. The van der Waals surface area contributed by atoms with Crippen LogP contribution in [-0.2, 0) is 6.54 Å². The fourth-order valence-corrected chi connectivity index (χ4v) is 2.21. The number of aromatic nitrogens is 1. The lowest BCUT2D eigenvalue weighted by atomic mass is 10.2. The SMILES string of the molecule is CCOc1cc(CNC(=O)c2ccc(NC(=O)NC(C)C)cc2)ccn1. The topological polar surface area (TPSA) is 92.4 Å². The van der Waals surface area contributed by atoms with Gasteiger partial charge in [0.05, 0.1) is 6.61 Å². The van der Waals surface area contributed by atoms with Crippen LogP contribution in [0.25, 0.3) is 0 Å². The molecule has 3 amide bonds. The van der Waals surface area contributed by atoms with Gasteiger partial charge in [0.1, 0.15) is 0 Å². The number of benzene rings is 1. The maximum absolute atomic E-state index is 12.2. The fraction of sp³-hybridized carbons (Fsp3) is 0.316. The number of urea groups is 1. The lowest BCUT2D eigenvalue weighted by Gasteiger charge is -2.11. The number of nitrogens with zero attached hydrogens (tertiary/aromatic N) is 1. The fourth-order valence-electron chi connectivity index (χ4n) is 2.21. The molecule has 2 aromatic rings. The van der Waals surface area contributed by atoms with Crippen molar-refractivity contribution in [3.63, 3.8) is 0 Å². The van der Waals surface area contributed by atoms with E-state index < -0.39 is 0 Å². The van der Waals surface area contributed by atoms with Crippen LogP contribution in [0.1, 0.15) is 36.7 Å². The first-order chi connectivity index (χ1) is 12.5. The summed E-state index contributed by atoms with van der Waals surface area (Å²) in [7, 11) is 0. The molecule has 0 aliphatic rings. The van der Waals surface area contributed by atoms with E-state index >= 15 is 0 Å². The van der Waals surface area contributed by atoms with Crippen molar-refractivity contribution in [1.29, 1.82) is 0 Å². The number of ether oxygens (including phenoxy) is 1. The van der Waals surface area contributed by atoms with Gasteiger partial charge in [-0.25, -0.2) is 9.78 Å². The van der Waals surface area contributed by atoms with Gasteiger partial charge in [-0.05, 0) is 56.7 Å². The molecule has 3 N–H and O–H groups in total. The number of hydrogen-bond acceptors (Lipinski definition) is 4. The molecule has 0 spiro atoms. The van der Waals surface area contributed by atoms with Gasteiger partial charge in [-0.1, -0.05) is 0 Å². The van der Waals surface area contributed by atoms with Crippen molar-refractivity contribution >= 4 is 17.6 Å². The molecular formula is C19H24N4O3. The zero-order chi connectivity index (χ0) is 18.9. The van der Waals surface area contributed by atoms with Crippen LogP contribution in [-0.4, -0.2) is 29.6 Å². The van der Waals surface area contributed by atoms with Crippen LogP contribution < -0.4 is 20.7 Å². The molecule has 2 rings (SSSR count). The van der Waals surface area contributed by atoms with Crippen LogP contribution in [0.5, 0.6) is 5.88 Å². The second-order valence-corrected chi connectivity index (χ2v) is 5.95. The van der Waals surface area contributed by atoms with E-state index in [1.54, 1.807) is 36.5 Å². The first-order valence-corrected chi connectivity index (χ1v) is 8.51. The summed E-state index contributed by atoms with van der Waals surface area (Å²) in [6.45, 7) is 6.57. The largest absolute Gasteiger partial charge is 0.478 e. The Morgan fingerprint density at radius 1 is 1.15 bits per heavy atom. The second kappa shape index (κ2) is 9.41. The molecule has 0 radical (unpaired) electrons. The Bertz CT molecular complexity index is 745. The third-order valence-corrected chi connectivity index (χ3v) is 3.37. The molecule has 0 saturated heterocycles. The predicted octanol–water partition coefficient (Wildman–Crippen LogP) is 2.94. The average Bonchev–Trinajstić information content (AvgIpc) is 2.60. The van der Waals surface area contributed by atoms with Crippen LogP contribution in [0, 0.1) is 0 Å². The summed E-state index contributed by atoms with van der Waals surface area (Å²) in [6.07, 6.45) is 1.65. The van der Waals surface area contributed by atoms with Crippen molar-refractivity contribution < 1.29 is 14.3 Å². The monoisotopic (exact) mass is 356 g/mol. The van der Waals surface area contributed by atoms with Crippen molar-refractivity contribution in [2.24, 2.45) is 0 Å². The lowest BCUT2D eigenvalue weighted by Crippen LogP contribution is -2.34. The molecule has 0 aliphatic heterocycles. The number of rotatable bonds is 7. The summed E-state index contributed by atoms with van der Waals surface area (Å²) in [5, 5.41) is 8.30. The molecule has 7 heteroatoms. The van der Waals surface area contributed by atoms with Gasteiger partial charge in [0, 0.05) is 36.1 Å². The minimum absolute atomic E-state index is 0.0523. The van der Waals surface area contributed by atoms with E-state index in [2.05, 4.69) is 20.9 Å². The second-order valence-electron chi connectivity index (χ2n) is 5.95. The Hall–Kier alpha value is -3.09. The van der Waals surface area contributed by atoms with Crippen molar-refractivity contribution in [2.75, 3.05) is 11.9 Å². The molecule has 0 unspecified atom stereocenters. The van der Waals surface area contributed by atoms with E-state index in [0.29, 0.717) is 30.3 Å². The molecule has 1 aromatic carbocycles. The van der Waals surface area contributed by atoms with E-state index in [1.165, 1.54) is 0 Å². The molecule has 1 aromatic heterocycles. The van der Waals surface area contributed by atoms with Gasteiger partial charge in [-0.2, -0.15) is 0 Å². The average molecular weight is 356 g/mol. The molecule has 0 fully saturated rings. The third kappa shape index (κ3) is 6.08. The number of carbonyl (C=O) groups is 2. The highest BCUT2D eigenvalue weighted by molar-refractivity contribution is 5.95. The minimum Gasteiger partial charge on any atom is -0.478 e. The molecule has 0 bridgehead atoms. The van der Waals surface area contributed by atoms with Crippen molar-refractivity contribution in [3.05, 3.63) is 53.7 Å². The molecule has 1 heterocycles. The maximum Gasteiger partial charge on any atom is 0.319 e. The van der Waals surface area contributed by atoms with Crippen molar-refractivity contribution in [3.8, 4) is 5.88 Å². The van der Waals surface area contributed by atoms with Gasteiger partial charge in [0.2, 0.25) is 5.88 Å². The Balaban J connectivity index is 1.89. The number of nitrogens with one attached hydrogen (secondary N) is 3. The van der Waals surface area contributed by atoms with Gasteiger partial charge < -0.3 is 20.7 Å². The zero-order valence-corrected chi connectivity index (χ0v) is 15.2. The summed E-state index contributed by atoms with van der Waals surface area (Å²) >= 11 is 0. The van der Waals surface area contributed by atoms with E-state index in [-0.39, 0.29) is 18.0 Å². The standard InChI is InChI=1S/C19H24N4O3/c1-4-26-17-11-14(9-10-20-17)12-21-18(24)15-5-7-16(8-6-15)23-19(25)22-13(2)3/h5-11,13H,4,12H2,1-3H3,(H,21,24)(H2,22,23,25). The molecule has 0 saturated carbocycles. The molecular weight excluding hydrogens is 332 g/mol. The molecule has 0 atom stereocenters. The summed E-state index contributed by atoms with van der Waals surface area (Å²) in [6, 6.07) is 10.1. The first-order valence-electron chi connectivity index (χ1n) is 8.51. The van der Waals surface area contributed by atoms with Gasteiger partial charge in [0.25, 0.3) is 5.91 Å². The van der Waals surface area contributed by atoms with Gasteiger partial charge >= 0.3 is 6.03 Å². The van der Waals surface area contributed by atoms with Gasteiger partial charge in [0.15, 0.2) is 0 Å². The first kappa shape index (κ1) is 19.2. The Kier molecular flexibility index (Phi) is 6.96. The zero-order valence-electron chi connectivity index (χ0n) is 15.2. The van der Waals surface area contributed by atoms with Crippen LogP contribution in [0.4, 0.5) is 10.5 Å². The van der Waals surface area contributed by atoms with E-state index in [4.69, 9.17) is 4.74 Å². The van der Waals surface area contributed by atoms with E-state index in [9.17, 15) is 9.59 Å². The van der Waals surface area contributed by atoms with Crippen molar-refractivity contribution in [2.45, 2.75) is 33.4 Å². The molecule has 0 aliphatic carbocycles. The summed E-state index contributed by atoms with van der Waals surface area (Å²) < 4.78 is 5.34. The normalized spacial score (nSPS) is 10.3. The third-order valence-electron chi connectivity index (χ3n) is 3.37. The van der Waals surface area contributed by atoms with Crippen LogP contribution in [0.2, 0.25) is 0 Å². The summed E-state index contributed by atoms with van der Waals surface area (Å²) in [5.41, 5.74) is 2.04. The quantitative estimate of drug-likeness (QED) is 0.711. The number of anilines is 1. The maximum atomic E-state index is 12.2. The minimum atomic E-state index is -0.278. The highest BCUT2D eigenvalue weighted by atomic mass is 16.5. The van der Waals surface area contributed by atoms with E-state index in [0.717, 1.165) is 5.56 Å². The van der Waals surface area contributed by atoms with Gasteiger partial charge in [-0.15, -0.1) is 0 Å². The molecule has 7 nitrogen and oxygen atoms in total. The Morgan fingerprint density at radius 2 is 1.88 bits per heavy atom. The van der Waals surface area contributed by atoms with Crippen LogP contribution in [0.3, 0.4) is 0 Å². The van der Waals surface area contributed by atoms with Crippen molar-refractivity contribution in [1.82, 2.24) is 15.6 Å². The molecule has 26 heavy (non-hydrogen) atoms. The Morgan fingerprint density at radius 3 is 2.54 bits per heavy atom. The highest BCUT2D eigenvalue weighted by Crippen LogP contribution is 2.11. The number of amides is 3. The number of hydrogen-bond donors (Lipinski definition) is 3. The lowest BCUT2D eigenvalue weighted by molar-refractivity contribution is 0.0951. The van der Waals surface area contributed by atoms with Gasteiger partial charge in [-0.3, -0.25) is 4.79 Å². The Labute approximate surface area is 153 Å². The highest BCUT2D eigenvalue weighted by Gasteiger charge is 2.08. The van der Waals surface area contributed by atoms with Crippen LogP contribution >= 0.6 is 0 Å². The number of pyridine rings is 1. The summed E-state index contributed by atoms with van der Waals surface area (Å²) in [5.74, 6) is 0.340. The summed E-state index contributed by atoms with van der Waals surface area (Å²) in [4.78, 5) is 28.0. The van der Waals surface area contributed by atoms with Crippen LogP contribution in [0.15, 0.2) is 42.6 Å². The number of carbonyl (C=O) groups excluding carboxylic acids is 2. The molecule has 138 valence electrons.